The molecule has 1 rings (SSSR count). The zero-order chi connectivity index (χ0) is 45.6. The number of aliphatic hydroxyl groups excluding tert-OH is 8. The average molecular weight is 890 g/mol. The Morgan fingerprint density at radius 3 is 1.26 bits per heavy atom. The molecule has 10 atom stereocenters. The van der Waals surface area contributed by atoms with Crippen molar-refractivity contribution in [3.05, 3.63) is 0 Å². The van der Waals surface area contributed by atoms with E-state index in [1.54, 1.807) is 0 Å². The van der Waals surface area contributed by atoms with Gasteiger partial charge in [0.05, 0.1) is 25.4 Å². The van der Waals surface area contributed by atoms with Crippen LogP contribution in [0.15, 0.2) is 0 Å². The van der Waals surface area contributed by atoms with E-state index in [0.717, 1.165) is 38.5 Å². The quantitative estimate of drug-likeness (QED) is 0.0265. The number of carbonyl (C=O) groups excluding carboxylic acids is 1. The smallest absolute Gasteiger partial charge is 0.220 e. The second kappa shape index (κ2) is 40.4. The molecule has 0 unspecified atom stereocenters. The highest BCUT2D eigenvalue weighted by Gasteiger charge is 2.45. The molecule has 0 aromatic heterocycles. The number of aliphatic hydroxyl groups is 8. The van der Waals surface area contributed by atoms with E-state index in [1.807, 2.05) is 0 Å². The van der Waals surface area contributed by atoms with Crippen molar-refractivity contribution in [2.75, 3.05) is 13.2 Å². The second-order valence-corrected chi connectivity index (χ2v) is 18.7. The van der Waals surface area contributed by atoms with Gasteiger partial charge in [-0.3, -0.25) is 4.79 Å². The Hall–Kier alpha value is -0.930. The Balaban J connectivity index is 2.37. The van der Waals surface area contributed by atoms with Crippen LogP contribution in [0.1, 0.15) is 239 Å². The summed E-state index contributed by atoms with van der Waals surface area (Å²) in [4.78, 5) is 13.1. The van der Waals surface area contributed by atoms with Gasteiger partial charge in [0, 0.05) is 6.42 Å². The molecule has 0 saturated carbocycles. The Morgan fingerprint density at radius 1 is 0.500 bits per heavy atom. The topological polar surface area (TPSA) is 209 Å². The number of unbranched alkanes of at least 4 members (excludes halogenated alkanes) is 31. The lowest BCUT2D eigenvalue weighted by Gasteiger charge is -2.40. The maximum Gasteiger partial charge on any atom is 0.220 e. The number of nitrogens with one attached hydrogen (secondary N) is 1. The van der Waals surface area contributed by atoms with E-state index in [9.17, 15) is 45.6 Å². The third-order valence-electron chi connectivity index (χ3n) is 13.0. The van der Waals surface area contributed by atoms with E-state index in [4.69, 9.17) is 9.47 Å². The van der Waals surface area contributed by atoms with Gasteiger partial charge >= 0.3 is 0 Å². The average Bonchev–Trinajstić information content (AvgIpc) is 3.27. The fraction of sp³-hybridized carbons (Fsp3) is 0.980. The van der Waals surface area contributed by atoms with E-state index in [0.29, 0.717) is 12.8 Å². The van der Waals surface area contributed by atoms with Crippen molar-refractivity contribution < 1.29 is 55.1 Å². The van der Waals surface area contributed by atoms with Gasteiger partial charge in [-0.05, 0) is 12.8 Å². The molecular formula is C50H99NO11. The van der Waals surface area contributed by atoms with Crippen LogP contribution in [0, 0.1) is 0 Å². The van der Waals surface area contributed by atoms with Crippen molar-refractivity contribution in [2.24, 2.45) is 0 Å². The summed E-state index contributed by atoms with van der Waals surface area (Å²) in [6.07, 6.45) is 26.6. The summed E-state index contributed by atoms with van der Waals surface area (Å²) in [5.41, 5.74) is 0. The highest BCUT2D eigenvalue weighted by atomic mass is 16.7. The molecule has 9 N–H and O–H groups in total. The fourth-order valence-electron chi connectivity index (χ4n) is 8.66. The summed E-state index contributed by atoms with van der Waals surface area (Å²) in [5.74, 6) is -0.400. The molecule has 1 aliphatic heterocycles. The van der Waals surface area contributed by atoms with E-state index in [-0.39, 0.29) is 12.8 Å². The van der Waals surface area contributed by atoms with Crippen molar-refractivity contribution in [1.82, 2.24) is 5.32 Å². The summed E-state index contributed by atoms with van der Waals surface area (Å²) in [7, 11) is 0. The van der Waals surface area contributed by atoms with Gasteiger partial charge in [-0.2, -0.15) is 0 Å². The minimum Gasteiger partial charge on any atom is -0.394 e. The Bertz CT molecular complexity index is 993. The van der Waals surface area contributed by atoms with Gasteiger partial charge in [-0.15, -0.1) is 0 Å². The van der Waals surface area contributed by atoms with Crippen LogP contribution in [0.5, 0.6) is 0 Å². The predicted octanol–water partition coefficient (Wildman–Crippen LogP) is 8.42. The predicted molar refractivity (Wildman–Crippen MR) is 249 cm³/mol. The molecule has 12 heteroatoms. The number of carbonyl (C=O) groups is 1. The summed E-state index contributed by atoms with van der Waals surface area (Å²) in [6, 6.07) is -1.28. The van der Waals surface area contributed by atoms with Crippen LogP contribution in [0.4, 0.5) is 0 Å². The van der Waals surface area contributed by atoms with Gasteiger partial charge in [-0.25, -0.2) is 0 Å². The number of rotatable bonds is 44. The second-order valence-electron chi connectivity index (χ2n) is 18.7. The summed E-state index contributed by atoms with van der Waals surface area (Å²) in [6.45, 7) is 3.31. The maximum atomic E-state index is 13.1. The Kier molecular flexibility index (Phi) is 38.5. The SMILES string of the molecule is CCCCCCCCCCCCCCCCCCCCCCCCCC(=O)N[C@@H](CO[C@H]1O[C@H](CO)[C@H](O)[C@H](O)[C@H]1O)[C@H](O)[C@H](O)[C@@H](O)[C@@H](O)CCCCCCCCCCCC. The molecule has 370 valence electrons. The van der Waals surface area contributed by atoms with Crippen LogP contribution in [0.2, 0.25) is 0 Å². The Labute approximate surface area is 378 Å². The zero-order valence-electron chi connectivity index (χ0n) is 39.7. The fourth-order valence-corrected chi connectivity index (χ4v) is 8.66. The summed E-state index contributed by atoms with van der Waals surface area (Å²) >= 11 is 0. The lowest BCUT2D eigenvalue weighted by Crippen LogP contribution is -2.60. The van der Waals surface area contributed by atoms with E-state index >= 15 is 0 Å². The van der Waals surface area contributed by atoms with Crippen LogP contribution in [0.25, 0.3) is 0 Å². The highest BCUT2D eigenvalue weighted by molar-refractivity contribution is 5.76. The lowest BCUT2D eigenvalue weighted by atomic mass is 9.94. The van der Waals surface area contributed by atoms with Crippen LogP contribution in [-0.2, 0) is 14.3 Å². The number of hydrogen-bond acceptors (Lipinski definition) is 11. The summed E-state index contributed by atoms with van der Waals surface area (Å²) < 4.78 is 11.0. The number of ether oxygens (including phenoxy) is 2. The van der Waals surface area contributed by atoms with E-state index < -0.39 is 80.3 Å². The molecular weight excluding hydrogens is 791 g/mol. The van der Waals surface area contributed by atoms with Crippen molar-refractivity contribution in [1.29, 1.82) is 0 Å². The van der Waals surface area contributed by atoms with Crippen molar-refractivity contribution in [3.8, 4) is 0 Å². The van der Waals surface area contributed by atoms with E-state index in [2.05, 4.69) is 19.2 Å². The minimum atomic E-state index is -1.84. The number of amides is 1. The van der Waals surface area contributed by atoms with Crippen molar-refractivity contribution in [2.45, 2.75) is 300 Å². The molecule has 0 aromatic rings. The molecule has 0 spiro atoms. The van der Waals surface area contributed by atoms with Gasteiger partial charge < -0.3 is 55.6 Å². The molecule has 1 fully saturated rings. The van der Waals surface area contributed by atoms with Crippen LogP contribution in [0.3, 0.4) is 0 Å². The van der Waals surface area contributed by atoms with Gasteiger partial charge in [0.2, 0.25) is 5.91 Å². The van der Waals surface area contributed by atoms with Gasteiger partial charge in [0.25, 0.3) is 0 Å². The summed E-state index contributed by atoms with van der Waals surface area (Å²) in [5, 5.41) is 86.6. The monoisotopic (exact) mass is 890 g/mol. The molecule has 62 heavy (non-hydrogen) atoms. The molecule has 1 amide bonds. The van der Waals surface area contributed by atoms with Gasteiger partial charge in [0.15, 0.2) is 6.29 Å². The van der Waals surface area contributed by atoms with E-state index in [1.165, 1.54) is 161 Å². The standard InChI is InChI=1S/C50H99NO11/c1-3-5-7-9-11-13-15-16-17-18-19-20-21-22-23-24-25-26-27-29-31-33-35-37-43(54)51-40(39-61-50-49(60)48(59)46(57)42(38-52)62-50)44(55)47(58)45(56)41(53)36-34-32-30-28-14-12-10-8-6-4-2/h40-42,44-50,52-53,55-60H,3-39H2,1-2H3,(H,51,54)/t40-,41-,42+,44-,45-,46-,47-,48-,49+,50-/m0/s1. The molecule has 0 bridgehead atoms. The van der Waals surface area contributed by atoms with Crippen molar-refractivity contribution in [3.63, 3.8) is 0 Å². The molecule has 1 heterocycles. The first kappa shape index (κ1) is 59.1. The van der Waals surface area contributed by atoms with Gasteiger partial charge in [0.1, 0.15) is 42.7 Å². The highest BCUT2D eigenvalue weighted by Crippen LogP contribution is 2.24. The lowest BCUT2D eigenvalue weighted by molar-refractivity contribution is -0.303. The van der Waals surface area contributed by atoms with Crippen LogP contribution >= 0.6 is 0 Å². The zero-order valence-corrected chi connectivity index (χ0v) is 39.7. The molecule has 1 aliphatic rings. The Morgan fingerprint density at radius 2 is 0.871 bits per heavy atom. The van der Waals surface area contributed by atoms with Crippen LogP contribution < -0.4 is 5.32 Å². The largest absolute Gasteiger partial charge is 0.394 e. The molecule has 0 aliphatic carbocycles. The first-order valence-electron chi connectivity index (χ1n) is 26.0. The minimum absolute atomic E-state index is 0.169. The normalized spacial score (nSPS) is 21.7. The number of hydrogen-bond donors (Lipinski definition) is 9. The van der Waals surface area contributed by atoms with Crippen LogP contribution in [-0.4, -0.2) is 121 Å². The van der Waals surface area contributed by atoms with Gasteiger partial charge in [-0.1, -0.05) is 219 Å². The van der Waals surface area contributed by atoms with Crippen molar-refractivity contribution >= 4 is 5.91 Å². The maximum absolute atomic E-state index is 13.1. The molecule has 1 saturated heterocycles. The third kappa shape index (κ3) is 28.9. The third-order valence-corrected chi connectivity index (χ3v) is 13.0. The first-order valence-corrected chi connectivity index (χ1v) is 26.0. The first-order chi connectivity index (χ1) is 30.1. The molecule has 0 aromatic carbocycles. The molecule has 12 nitrogen and oxygen atoms in total. The molecule has 0 radical (unpaired) electrons.